The summed E-state index contributed by atoms with van der Waals surface area (Å²) >= 11 is 0. The molecule has 0 saturated heterocycles. The van der Waals surface area contributed by atoms with Crippen LogP contribution in [-0.4, -0.2) is 9.97 Å². The van der Waals surface area contributed by atoms with Gasteiger partial charge >= 0.3 is 0 Å². The van der Waals surface area contributed by atoms with E-state index in [2.05, 4.69) is 16.0 Å². The van der Waals surface area contributed by atoms with Crippen LogP contribution in [0.5, 0.6) is 0 Å². The first-order valence-electron chi connectivity index (χ1n) is 5.01. The van der Waals surface area contributed by atoms with Crippen LogP contribution in [0.2, 0.25) is 0 Å². The minimum atomic E-state index is 0.623. The van der Waals surface area contributed by atoms with Gasteiger partial charge in [-0.3, -0.25) is 9.97 Å². The van der Waals surface area contributed by atoms with Gasteiger partial charge in [0, 0.05) is 23.7 Å². The molecule has 2 aromatic rings. The van der Waals surface area contributed by atoms with E-state index in [1.165, 1.54) is 0 Å². The highest BCUT2D eigenvalue weighted by atomic mass is 14.7. The summed E-state index contributed by atoms with van der Waals surface area (Å²) in [6.07, 6.45) is 3.47. The van der Waals surface area contributed by atoms with Crippen LogP contribution in [0.25, 0.3) is 11.1 Å². The van der Waals surface area contributed by atoms with Crippen LogP contribution in [-0.2, 0) is 0 Å². The Hall–Kier alpha value is -2.21. The standard InChI is InChI=1S/C13H11N3/c1-9-12(8-14)7-13(10(2)16-9)11-3-5-15-6-4-11/h3-7H,1-2H3. The summed E-state index contributed by atoms with van der Waals surface area (Å²) in [5.74, 6) is 0. The smallest absolute Gasteiger partial charge is 0.101 e. The van der Waals surface area contributed by atoms with Crippen molar-refractivity contribution in [1.29, 1.82) is 5.26 Å². The number of nitrogens with zero attached hydrogens (tertiary/aromatic N) is 3. The third-order valence-electron chi connectivity index (χ3n) is 2.52. The molecule has 0 unspecified atom stereocenters. The Morgan fingerprint density at radius 3 is 2.44 bits per heavy atom. The lowest BCUT2D eigenvalue weighted by Gasteiger charge is -2.07. The predicted molar refractivity (Wildman–Crippen MR) is 61.7 cm³/mol. The SMILES string of the molecule is Cc1nc(C)c(-c2ccncc2)cc1C#N. The van der Waals surface area contributed by atoms with Gasteiger partial charge in [-0.25, -0.2) is 0 Å². The Bertz CT molecular complexity index is 553. The zero-order valence-electron chi connectivity index (χ0n) is 9.23. The molecule has 0 aliphatic rings. The van der Waals surface area contributed by atoms with Crippen LogP contribution in [0, 0.1) is 25.2 Å². The van der Waals surface area contributed by atoms with Gasteiger partial charge in [0.05, 0.1) is 11.3 Å². The molecule has 3 heteroatoms. The molecular weight excluding hydrogens is 198 g/mol. The zero-order valence-corrected chi connectivity index (χ0v) is 9.23. The van der Waals surface area contributed by atoms with Crippen LogP contribution in [0.1, 0.15) is 17.0 Å². The maximum atomic E-state index is 8.98. The fraction of sp³-hybridized carbons (Fsp3) is 0.154. The minimum Gasteiger partial charge on any atom is -0.265 e. The van der Waals surface area contributed by atoms with E-state index in [9.17, 15) is 0 Å². The highest BCUT2D eigenvalue weighted by Crippen LogP contribution is 2.23. The van der Waals surface area contributed by atoms with Gasteiger partial charge < -0.3 is 0 Å². The number of hydrogen-bond acceptors (Lipinski definition) is 3. The first-order chi connectivity index (χ1) is 7.72. The number of rotatable bonds is 1. The van der Waals surface area contributed by atoms with Crippen molar-refractivity contribution in [3.63, 3.8) is 0 Å². The van der Waals surface area contributed by atoms with Crippen molar-refractivity contribution in [2.45, 2.75) is 13.8 Å². The van der Waals surface area contributed by atoms with Crippen molar-refractivity contribution in [3.05, 3.63) is 47.5 Å². The molecule has 3 nitrogen and oxygen atoms in total. The van der Waals surface area contributed by atoms with Crippen LogP contribution >= 0.6 is 0 Å². The molecule has 0 atom stereocenters. The van der Waals surface area contributed by atoms with E-state index in [0.717, 1.165) is 22.5 Å². The highest BCUT2D eigenvalue weighted by molar-refractivity contribution is 5.67. The molecule has 0 radical (unpaired) electrons. The average molecular weight is 209 g/mol. The van der Waals surface area contributed by atoms with Crippen LogP contribution in [0.3, 0.4) is 0 Å². The number of nitriles is 1. The summed E-state index contributed by atoms with van der Waals surface area (Å²) in [4.78, 5) is 8.35. The molecule has 2 heterocycles. The average Bonchev–Trinajstić information content (AvgIpc) is 2.30. The van der Waals surface area contributed by atoms with E-state index in [1.54, 1.807) is 12.4 Å². The van der Waals surface area contributed by atoms with Crippen LogP contribution in [0.4, 0.5) is 0 Å². The lowest BCUT2D eigenvalue weighted by Crippen LogP contribution is -1.94. The topological polar surface area (TPSA) is 49.6 Å². The second kappa shape index (κ2) is 4.11. The number of aromatic nitrogens is 2. The molecule has 78 valence electrons. The highest BCUT2D eigenvalue weighted by Gasteiger charge is 2.07. The maximum absolute atomic E-state index is 8.98. The Morgan fingerprint density at radius 2 is 1.81 bits per heavy atom. The van der Waals surface area contributed by atoms with Gasteiger partial charge in [0.1, 0.15) is 6.07 Å². The Labute approximate surface area is 94.4 Å². The summed E-state index contributed by atoms with van der Waals surface area (Å²) < 4.78 is 0. The molecule has 0 N–H and O–H groups in total. The van der Waals surface area contributed by atoms with E-state index < -0.39 is 0 Å². The predicted octanol–water partition coefficient (Wildman–Crippen LogP) is 2.63. The first kappa shape index (κ1) is 10.3. The molecule has 2 aromatic heterocycles. The fourth-order valence-electron chi connectivity index (χ4n) is 1.66. The normalized spacial score (nSPS) is 9.81. The summed E-state index contributed by atoms with van der Waals surface area (Å²) in [6.45, 7) is 3.80. The lowest BCUT2D eigenvalue weighted by atomic mass is 10.0. The molecule has 0 aromatic carbocycles. The molecule has 0 aliphatic carbocycles. The van der Waals surface area contributed by atoms with Crippen molar-refractivity contribution in [2.24, 2.45) is 0 Å². The molecule has 0 fully saturated rings. The van der Waals surface area contributed by atoms with Crippen LogP contribution in [0.15, 0.2) is 30.6 Å². The fourth-order valence-corrected chi connectivity index (χ4v) is 1.66. The van der Waals surface area contributed by atoms with Crippen molar-refractivity contribution < 1.29 is 0 Å². The molecule has 0 aliphatic heterocycles. The molecule has 0 amide bonds. The van der Waals surface area contributed by atoms with Gasteiger partial charge in [0.25, 0.3) is 0 Å². The molecule has 2 rings (SSSR count). The van der Waals surface area contributed by atoms with E-state index in [-0.39, 0.29) is 0 Å². The van der Waals surface area contributed by atoms with Gasteiger partial charge in [-0.1, -0.05) is 0 Å². The van der Waals surface area contributed by atoms with Gasteiger partial charge in [0.2, 0.25) is 0 Å². The van der Waals surface area contributed by atoms with Crippen LogP contribution < -0.4 is 0 Å². The Morgan fingerprint density at radius 1 is 1.12 bits per heavy atom. The number of pyridine rings is 2. The van der Waals surface area contributed by atoms with Gasteiger partial charge in [-0.15, -0.1) is 0 Å². The summed E-state index contributed by atoms with van der Waals surface area (Å²) in [5, 5.41) is 8.98. The van der Waals surface area contributed by atoms with Gasteiger partial charge in [0.15, 0.2) is 0 Å². The summed E-state index contributed by atoms with van der Waals surface area (Å²) in [5.41, 5.74) is 4.36. The Balaban J connectivity index is 2.63. The van der Waals surface area contributed by atoms with Crippen molar-refractivity contribution in [1.82, 2.24) is 9.97 Å². The zero-order chi connectivity index (χ0) is 11.5. The third kappa shape index (κ3) is 1.78. The largest absolute Gasteiger partial charge is 0.265 e. The second-order valence-electron chi connectivity index (χ2n) is 3.60. The van der Waals surface area contributed by atoms with Crippen molar-refractivity contribution >= 4 is 0 Å². The monoisotopic (exact) mass is 209 g/mol. The third-order valence-corrected chi connectivity index (χ3v) is 2.52. The minimum absolute atomic E-state index is 0.623. The van der Waals surface area contributed by atoms with E-state index >= 15 is 0 Å². The molecule has 0 bridgehead atoms. The van der Waals surface area contributed by atoms with Gasteiger partial charge in [-0.05, 0) is 37.6 Å². The number of hydrogen-bond donors (Lipinski definition) is 0. The lowest BCUT2D eigenvalue weighted by molar-refractivity contribution is 1.11. The van der Waals surface area contributed by atoms with Gasteiger partial charge in [-0.2, -0.15) is 5.26 Å². The summed E-state index contributed by atoms with van der Waals surface area (Å²) in [6, 6.07) is 7.87. The van der Waals surface area contributed by atoms with E-state index in [0.29, 0.717) is 5.56 Å². The van der Waals surface area contributed by atoms with E-state index in [4.69, 9.17) is 5.26 Å². The molecule has 0 saturated carbocycles. The first-order valence-corrected chi connectivity index (χ1v) is 5.01. The Kier molecular flexibility index (Phi) is 2.65. The summed E-state index contributed by atoms with van der Waals surface area (Å²) in [7, 11) is 0. The van der Waals surface area contributed by atoms with Crippen molar-refractivity contribution in [2.75, 3.05) is 0 Å². The molecule has 16 heavy (non-hydrogen) atoms. The number of aryl methyl sites for hydroxylation is 2. The quantitative estimate of drug-likeness (QED) is 0.725. The molecular formula is C13H11N3. The second-order valence-corrected chi connectivity index (χ2v) is 3.60. The van der Waals surface area contributed by atoms with E-state index in [1.807, 2.05) is 32.0 Å². The maximum Gasteiger partial charge on any atom is 0.101 e. The molecule has 0 spiro atoms. The van der Waals surface area contributed by atoms with Crippen molar-refractivity contribution in [3.8, 4) is 17.2 Å².